The van der Waals surface area contributed by atoms with Gasteiger partial charge in [-0.05, 0) is 117 Å². The third-order valence-electron chi connectivity index (χ3n) is 10.1. The van der Waals surface area contributed by atoms with Crippen molar-refractivity contribution in [3.63, 3.8) is 0 Å². The summed E-state index contributed by atoms with van der Waals surface area (Å²) < 4.78 is 0. The minimum atomic E-state index is -0.359. The molecule has 9 rings (SSSR count). The maximum absolute atomic E-state index is 13.5. The number of carbonyl (C=O) groups is 4. The normalized spacial score (nSPS) is 13.4. The molecule has 0 bridgehead atoms. The van der Waals surface area contributed by atoms with Gasteiger partial charge in [-0.3, -0.25) is 19.2 Å². The van der Waals surface area contributed by atoms with E-state index in [9.17, 15) is 19.2 Å². The van der Waals surface area contributed by atoms with Gasteiger partial charge in [0.05, 0.1) is 33.6 Å². The SMILES string of the molecule is Nc1ccc(-c2ccc3c(c2)C(=O)N(c2ccc(-c4ccc(-c5ccc(N6C(=O)c7ccc(-c8ccc(N)cc8)cc7C6=O)cc5)cc4)cc2)C3=O)cc1. The monoisotopic (exact) mass is 702 g/mol. The summed E-state index contributed by atoms with van der Waals surface area (Å²) in [6.45, 7) is 0. The number of nitrogens with two attached hydrogens (primary N) is 2. The highest BCUT2D eigenvalue weighted by atomic mass is 16.2. The fourth-order valence-electron chi connectivity index (χ4n) is 7.12. The molecule has 0 aliphatic carbocycles. The maximum Gasteiger partial charge on any atom is 0.266 e. The molecule has 8 heteroatoms. The van der Waals surface area contributed by atoms with Crippen LogP contribution in [0.4, 0.5) is 22.7 Å². The molecule has 0 saturated heterocycles. The van der Waals surface area contributed by atoms with E-state index in [1.807, 2.05) is 84.9 Å². The number of hydrogen-bond donors (Lipinski definition) is 2. The van der Waals surface area contributed by atoms with Crippen LogP contribution in [0.25, 0.3) is 44.5 Å². The van der Waals surface area contributed by atoms with Crippen molar-refractivity contribution in [3.05, 3.63) is 180 Å². The molecule has 0 saturated carbocycles. The van der Waals surface area contributed by atoms with E-state index >= 15 is 0 Å². The molecule has 0 fully saturated rings. The van der Waals surface area contributed by atoms with E-state index in [1.165, 1.54) is 9.80 Å². The fourth-order valence-corrected chi connectivity index (χ4v) is 7.12. The summed E-state index contributed by atoms with van der Waals surface area (Å²) in [7, 11) is 0. The molecule has 4 amide bonds. The molecule has 54 heavy (non-hydrogen) atoms. The number of imide groups is 2. The number of hydrogen-bond acceptors (Lipinski definition) is 6. The predicted molar refractivity (Wildman–Crippen MR) is 212 cm³/mol. The number of amides is 4. The van der Waals surface area contributed by atoms with Crippen molar-refractivity contribution in [3.8, 4) is 44.5 Å². The second-order valence-electron chi connectivity index (χ2n) is 13.3. The minimum absolute atomic E-state index is 0.353. The van der Waals surface area contributed by atoms with Crippen molar-refractivity contribution in [2.45, 2.75) is 0 Å². The Morgan fingerprint density at radius 1 is 0.278 bits per heavy atom. The van der Waals surface area contributed by atoms with E-state index in [4.69, 9.17) is 11.5 Å². The molecule has 0 atom stereocenters. The van der Waals surface area contributed by atoms with Gasteiger partial charge in [0.2, 0.25) is 0 Å². The minimum Gasteiger partial charge on any atom is -0.399 e. The average molecular weight is 703 g/mol. The lowest BCUT2D eigenvalue weighted by atomic mass is 10.00. The Morgan fingerprint density at radius 3 is 0.852 bits per heavy atom. The Morgan fingerprint density at radius 2 is 0.519 bits per heavy atom. The largest absolute Gasteiger partial charge is 0.399 e. The molecule has 258 valence electrons. The third kappa shape index (κ3) is 5.41. The quantitative estimate of drug-likeness (QED) is 0.132. The Balaban J connectivity index is 0.893. The van der Waals surface area contributed by atoms with Crippen LogP contribution in [0.2, 0.25) is 0 Å². The van der Waals surface area contributed by atoms with Crippen molar-refractivity contribution in [1.29, 1.82) is 0 Å². The lowest BCUT2D eigenvalue weighted by Gasteiger charge is -2.15. The number of rotatable bonds is 6. The van der Waals surface area contributed by atoms with Crippen molar-refractivity contribution < 1.29 is 19.2 Å². The first-order chi connectivity index (χ1) is 26.2. The summed E-state index contributed by atoms with van der Waals surface area (Å²) in [5.41, 5.74) is 22.7. The van der Waals surface area contributed by atoms with Gasteiger partial charge in [-0.2, -0.15) is 0 Å². The Kier molecular flexibility index (Phi) is 7.53. The van der Waals surface area contributed by atoms with Gasteiger partial charge < -0.3 is 11.5 Å². The summed E-state index contributed by atoms with van der Waals surface area (Å²) >= 11 is 0. The molecule has 7 aromatic rings. The molecule has 2 heterocycles. The summed E-state index contributed by atoms with van der Waals surface area (Å²) in [6.07, 6.45) is 0. The average Bonchev–Trinajstić information content (AvgIpc) is 3.61. The molecule has 8 nitrogen and oxygen atoms in total. The van der Waals surface area contributed by atoms with E-state index in [-0.39, 0.29) is 23.6 Å². The maximum atomic E-state index is 13.5. The molecule has 0 radical (unpaired) electrons. The zero-order valence-electron chi connectivity index (χ0n) is 28.7. The van der Waals surface area contributed by atoms with Crippen LogP contribution in [-0.4, -0.2) is 23.6 Å². The number of fused-ring (bicyclic) bond motifs is 2. The zero-order chi connectivity index (χ0) is 37.1. The van der Waals surface area contributed by atoms with Crippen LogP contribution in [0.3, 0.4) is 0 Å². The van der Waals surface area contributed by atoms with Crippen LogP contribution < -0.4 is 21.3 Å². The van der Waals surface area contributed by atoms with Crippen LogP contribution in [0.5, 0.6) is 0 Å². The van der Waals surface area contributed by atoms with Crippen molar-refractivity contribution in [2.24, 2.45) is 0 Å². The number of benzene rings is 7. The zero-order valence-corrected chi connectivity index (χ0v) is 28.7. The van der Waals surface area contributed by atoms with E-state index in [0.29, 0.717) is 45.0 Å². The van der Waals surface area contributed by atoms with Crippen molar-refractivity contribution in [1.82, 2.24) is 0 Å². The van der Waals surface area contributed by atoms with Gasteiger partial charge in [-0.15, -0.1) is 0 Å². The smallest absolute Gasteiger partial charge is 0.266 e. The van der Waals surface area contributed by atoms with Gasteiger partial charge in [0.25, 0.3) is 23.6 Å². The van der Waals surface area contributed by atoms with E-state index < -0.39 is 0 Å². The first-order valence-electron chi connectivity index (χ1n) is 17.3. The van der Waals surface area contributed by atoms with Gasteiger partial charge in [0, 0.05) is 11.4 Å². The van der Waals surface area contributed by atoms with Crippen LogP contribution in [0.1, 0.15) is 41.4 Å². The third-order valence-corrected chi connectivity index (χ3v) is 10.1. The van der Waals surface area contributed by atoms with Crippen LogP contribution >= 0.6 is 0 Å². The molecular weight excluding hydrogens is 673 g/mol. The molecule has 0 unspecified atom stereocenters. The molecule has 2 aliphatic rings. The van der Waals surface area contributed by atoms with Crippen LogP contribution in [0, 0.1) is 0 Å². The van der Waals surface area contributed by atoms with Gasteiger partial charge in [-0.25, -0.2) is 9.80 Å². The first-order valence-corrected chi connectivity index (χ1v) is 17.3. The summed E-state index contributed by atoms with van der Waals surface area (Å²) in [5.74, 6) is -1.43. The Hall–Kier alpha value is -7.58. The van der Waals surface area contributed by atoms with Gasteiger partial charge in [-0.1, -0.05) is 84.9 Å². The highest BCUT2D eigenvalue weighted by Crippen LogP contribution is 2.36. The molecule has 0 spiro atoms. The molecule has 0 aromatic heterocycles. The van der Waals surface area contributed by atoms with E-state index in [1.54, 1.807) is 72.8 Å². The molecule has 2 aliphatic heterocycles. The highest BCUT2D eigenvalue weighted by molar-refractivity contribution is 6.35. The molecule has 4 N–H and O–H groups in total. The number of carbonyl (C=O) groups excluding carboxylic acids is 4. The van der Waals surface area contributed by atoms with Gasteiger partial charge in [0.1, 0.15) is 0 Å². The van der Waals surface area contributed by atoms with Gasteiger partial charge in [0.15, 0.2) is 0 Å². The predicted octanol–water partition coefficient (Wildman–Crippen LogP) is 9.12. The van der Waals surface area contributed by atoms with Crippen molar-refractivity contribution >= 4 is 46.4 Å². The van der Waals surface area contributed by atoms with Crippen molar-refractivity contribution in [2.75, 3.05) is 21.3 Å². The molecular formula is C46H30N4O4. The summed E-state index contributed by atoms with van der Waals surface area (Å²) in [4.78, 5) is 56.0. The van der Waals surface area contributed by atoms with E-state index in [2.05, 4.69) is 0 Å². The second-order valence-corrected chi connectivity index (χ2v) is 13.3. The van der Waals surface area contributed by atoms with Gasteiger partial charge >= 0.3 is 0 Å². The summed E-state index contributed by atoms with van der Waals surface area (Å²) in [5, 5.41) is 0. The fraction of sp³-hybridized carbons (Fsp3) is 0. The topological polar surface area (TPSA) is 127 Å². The lowest BCUT2D eigenvalue weighted by Crippen LogP contribution is -2.29. The number of nitrogens with zero attached hydrogens (tertiary/aromatic N) is 2. The first kappa shape index (κ1) is 32.3. The highest BCUT2D eigenvalue weighted by Gasteiger charge is 2.38. The number of anilines is 4. The lowest BCUT2D eigenvalue weighted by molar-refractivity contribution is 0.0910. The van der Waals surface area contributed by atoms with Crippen LogP contribution in [0.15, 0.2) is 158 Å². The van der Waals surface area contributed by atoms with Crippen LogP contribution in [-0.2, 0) is 0 Å². The standard InChI is InChI=1S/C46H30N4O4/c47-35-15-5-31(6-16-35)33-13-23-39-41(25-33)45(53)49(43(39)51)37-19-9-29(10-20-37)27-1-2-28(4-3-27)30-11-21-38(22-12-30)50-44(52)40-24-14-34(26-42(40)46(50)54)32-7-17-36(48)18-8-32/h1-26H,47-48H2. The second kappa shape index (κ2) is 12.6. The Bertz CT molecular complexity index is 2480. The van der Waals surface area contributed by atoms with E-state index in [0.717, 1.165) is 44.5 Å². The number of nitrogen functional groups attached to an aromatic ring is 2. The molecule has 7 aromatic carbocycles. The Labute approximate surface area is 310 Å². The summed E-state index contributed by atoms with van der Waals surface area (Å²) in [6, 6.07) is 48.1.